The fourth-order valence-electron chi connectivity index (χ4n) is 2.35. The monoisotopic (exact) mass is 292 g/mol. The Morgan fingerprint density at radius 3 is 1.57 bits per heavy atom. The van der Waals surface area contributed by atoms with Gasteiger partial charge >= 0.3 is 0 Å². The molecule has 3 rings (SSSR count). The lowest BCUT2D eigenvalue weighted by Gasteiger charge is -2.10. The van der Waals surface area contributed by atoms with Gasteiger partial charge in [-0.25, -0.2) is 0 Å². The van der Waals surface area contributed by atoms with Crippen molar-refractivity contribution in [3.8, 4) is 22.3 Å². The van der Waals surface area contributed by atoms with E-state index in [1.165, 1.54) is 16.7 Å². The zero-order valence-electron chi connectivity index (χ0n) is 11.5. The molecular formula is C19H16OS. The maximum atomic E-state index is 10.7. The fraction of sp³-hybridized carbons (Fsp3) is 0. The first-order chi connectivity index (χ1) is 9.88. The van der Waals surface area contributed by atoms with Gasteiger partial charge in [0.15, 0.2) is 0 Å². The van der Waals surface area contributed by atoms with Gasteiger partial charge in [-0.3, -0.25) is 4.79 Å². The molecule has 0 aliphatic rings. The van der Waals surface area contributed by atoms with Crippen LogP contribution < -0.4 is 0 Å². The van der Waals surface area contributed by atoms with Gasteiger partial charge in [0.2, 0.25) is 0 Å². The first kappa shape index (κ1) is 15.1. The third-order valence-electron chi connectivity index (χ3n) is 3.37. The van der Waals surface area contributed by atoms with Crippen molar-refractivity contribution in [1.29, 1.82) is 0 Å². The van der Waals surface area contributed by atoms with E-state index in [-0.39, 0.29) is 13.5 Å². The van der Waals surface area contributed by atoms with Crippen LogP contribution in [0.4, 0.5) is 0 Å². The number of hydrogen-bond donors (Lipinski definition) is 0. The number of hydrogen-bond acceptors (Lipinski definition) is 1. The molecule has 2 heteroatoms. The van der Waals surface area contributed by atoms with Crippen molar-refractivity contribution in [3.05, 3.63) is 84.4 Å². The molecule has 0 bridgehead atoms. The van der Waals surface area contributed by atoms with Crippen LogP contribution in [0.3, 0.4) is 0 Å². The average Bonchev–Trinajstić information content (AvgIpc) is 2.56. The minimum absolute atomic E-state index is 0. The Kier molecular flexibility index (Phi) is 4.96. The molecule has 0 aliphatic heterocycles. The highest BCUT2D eigenvalue weighted by Crippen LogP contribution is 2.31. The van der Waals surface area contributed by atoms with E-state index in [4.69, 9.17) is 0 Å². The Bertz CT molecular complexity index is 718. The van der Waals surface area contributed by atoms with Crippen LogP contribution in [-0.4, -0.2) is 6.29 Å². The maximum Gasteiger partial charge on any atom is 0.150 e. The van der Waals surface area contributed by atoms with Crippen LogP contribution in [0.15, 0.2) is 78.9 Å². The number of benzene rings is 3. The van der Waals surface area contributed by atoms with Gasteiger partial charge < -0.3 is 0 Å². The highest BCUT2D eigenvalue weighted by molar-refractivity contribution is 7.59. The molecule has 0 saturated carbocycles. The molecule has 104 valence electrons. The van der Waals surface area contributed by atoms with Gasteiger partial charge in [-0.05, 0) is 22.3 Å². The lowest BCUT2D eigenvalue weighted by molar-refractivity contribution is 0.112. The lowest BCUT2D eigenvalue weighted by atomic mass is 9.94. The van der Waals surface area contributed by atoms with E-state index in [1.54, 1.807) is 0 Å². The van der Waals surface area contributed by atoms with Gasteiger partial charge in [-0.15, -0.1) is 0 Å². The standard InChI is InChI=1S/C19H14O.H2S/c20-14-15-10-12-17(13-11-15)19-9-5-4-8-18(19)16-6-2-1-3-7-16;/h1-14H;1H2. The second-order valence-corrected chi connectivity index (χ2v) is 4.65. The second kappa shape index (κ2) is 6.91. The summed E-state index contributed by atoms with van der Waals surface area (Å²) in [5.74, 6) is 0. The van der Waals surface area contributed by atoms with E-state index < -0.39 is 0 Å². The summed E-state index contributed by atoms with van der Waals surface area (Å²) in [6, 6.07) is 26.3. The minimum Gasteiger partial charge on any atom is -0.298 e. The molecule has 0 N–H and O–H groups in total. The average molecular weight is 292 g/mol. The predicted molar refractivity (Wildman–Crippen MR) is 93.1 cm³/mol. The van der Waals surface area contributed by atoms with E-state index in [0.717, 1.165) is 11.8 Å². The van der Waals surface area contributed by atoms with Crippen molar-refractivity contribution in [3.63, 3.8) is 0 Å². The molecule has 0 heterocycles. The summed E-state index contributed by atoms with van der Waals surface area (Å²) in [4.78, 5) is 10.7. The summed E-state index contributed by atoms with van der Waals surface area (Å²) in [5.41, 5.74) is 5.40. The molecule has 0 spiro atoms. The molecular weight excluding hydrogens is 276 g/mol. The molecule has 0 saturated heterocycles. The number of carbonyl (C=O) groups excluding carboxylic acids is 1. The largest absolute Gasteiger partial charge is 0.298 e. The van der Waals surface area contributed by atoms with Crippen molar-refractivity contribution in [2.45, 2.75) is 0 Å². The summed E-state index contributed by atoms with van der Waals surface area (Å²) < 4.78 is 0. The number of carbonyl (C=O) groups is 1. The van der Waals surface area contributed by atoms with Crippen molar-refractivity contribution in [2.24, 2.45) is 0 Å². The molecule has 0 unspecified atom stereocenters. The van der Waals surface area contributed by atoms with Crippen molar-refractivity contribution in [2.75, 3.05) is 0 Å². The van der Waals surface area contributed by atoms with Crippen LogP contribution in [0.5, 0.6) is 0 Å². The van der Waals surface area contributed by atoms with Gasteiger partial charge in [0.05, 0.1) is 0 Å². The number of rotatable bonds is 3. The van der Waals surface area contributed by atoms with Crippen LogP contribution in [0.2, 0.25) is 0 Å². The molecule has 0 fully saturated rings. The van der Waals surface area contributed by atoms with Crippen LogP contribution in [-0.2, 0) is 0 Å². The van der Waals surface area contributed by atoms with Crippen molar-refractivity contribution in [1.82, 2.24) is 0 Å². The lowest BCUT2D eigenvalue weighted by Crippen LogP contribution is -1.86. The fourth-order valence-corrected chi connectivity index (χ4v) is 2.35. The molecule has 0 aliphatic carbocycles. The van der Waals surface area contributed by atoms with Gasteiger partial charge in [0.25, 0.3) is 0 Å². The Labute approximate surface area is 131 Å². The van der Waals surface area contributed by atoms with Crippen LogP contribution in [0, 0.1) is 0 Å². The molecule has 3 aromatic rings. The van der Waals surface area contributed by atoms with Gasteiger partial charge in [-0.2, -0.15) is 13.5 Å². The number of aldehydes is 1. The summed E-state index contributed by atoms with van der Waals surface area (Å²) in [6.45, 7) is 0. The molecule has 0 amide bonds. The van der Waals surface area contributed by atoms with Gasteiger partial charge in [-0.1, -0.05) is 78.9 Å². The molecule has 0 aromatic heterocycles. The third-order valence-corrected chi connectivity index (χ3v) is 3.37. The Morgan fingerprint density at radius 2 is 1.05 bits per heavy atom. The normalized spacial score (nSPS) is 9.71. The van der Waals surface area contributed by atoms with Crippen LogP contribution >= 0.6 is 13.5 Å². The summed E-state index contributed by atoms with van der Waals surface area (Å²) >= 11 is 0. The van der Waals surface area contributed by atoms with E-state index >= 15 is 0 Å². The maximum absolute atomic E-state index is 10.7. The first-order valence-electron chi connectivity index (χ1n) is 6.58. The topological polar surface area (TPSA) is 17.1 Å². The van der Waals surface area contributed by atoms with Gasteiger partial charge in [0.1, 0.15) is 6.29 Å². The molecule has 0 radical (unpaired) electrons. The molecule has 0 atom stereocenters. The zero-order valence-corrected chi connectivity index (χ0v) is 12.5. The summed E-state index contributed by atoms with van der Waals surface area (Å²) in [7, 11) is 0. The van der Waals surface area contributed by atoms with Crippen molar-refractivity contribution >= 4 is 19.8 Å². The predicted octanol–water partition coefficient (Wildman–Crippen LogP) is 4.95. The first-order valence-corrected chi connectivity index (χ1v) is 6.58. The quantitative estimate of drug-likeness (QED) is 0.624. The highest BCUT2D eigenvalue weighted by atomic mass is 32.1. The molecule has 3 aromatic carbocycles. The van der Waals surface area contributed by atoms with Crippen molar-refractivity contribution < 1.29 is 4.79 Å². The Balaban J connectivity index is 0.00000161. The summed E-state index contributed by atoms with van der Waals surface area (Å²) in [6.07, 6.45) is 0.868. The third kappa shape index (κ3) is 3.23. The summed E-state index contributed by atoms with van der Waals surface area (Å²) in [5, 5.41) is 0. The van der Waals surface area contributed by atoms with Crippen LogP contribution in [0.25, 0.3) is 22.3 Å². The van der Waals surface area contributed by atoms with Crippen LogP contribution in [0.1, 0.15) is 10.4 Å². The van der Waals surface area contributed by atoms with E-state index in [9.17, 15) is 4.79 Å². The van der Waals surface area contributed by atoms with E-state index in [0.29, 0.717) is 5.56 Å². The second-order valence-electron chi connectivity index (χ2n) is 4.65. The Morgan fingerprint density at radius 1 is 0.571 bits per heavy atom. The van der Waals surface area contributed by atoms with Gasteiger partial charge in [0, 0.05) is 5.56 Å². The van der Waals surface area contributed by atoms with E-state index in [1.807, 2.05) is 54.6 Å². The smallest absolute Gasteiger partial charge is 0.150 e. The van der Waals surface area contributed by atoms with E-state index in [2.05, 4.69) is 24.3 Å². The zero-order chi connectivity index (χ0) is 13.8. The SMILES string of the molecule is O=Cc1ccc(-c2ccccc2-c2ccccc2)cc1.S. The highest BCUT2D eigenvalue weighted by Gasteiger charge is 2.06. The minimum atomic E-state index is 0. The molecule has 21 heavy (non-hydrogen) atoms. The molecule has 1 nitrogen and oxygen atoms in total. The Hall–Kier alpha value is -2.32.